The summed E-state index contributed by atoms with van der Waals surface area (Å²) >= 11 is 0. The fourth-order valence-electron chi connectivity index (χ4n) is 3.30. The lowest BCUT2D eigenvalue weighted by Crippen LogP contribution is -2.47. The normalized spacial score (nSPS) is 19.0. The van der Waals surface area contributed by atoms with Gasteiger partial charge in [-0.25, -0.2) is 4.98 Å². The van der Waals surface area contributed by atoms with Crippen LogP contribution in [0.1, 0.15) is 42.6 Å². The van der Waals surface area contributed by atoms with Crippen LogP contribution in [0.3, 0.4) is 0 Å². The molecule has 1 amide bonds. The van der Waals surface area contributed by atoms with Gasteiger partial charge in [0.05, 0.1) is 11.9 Å². The zero-order valence-electron chi connectivity index (χ0n) is 14.6. The van der Waals surface area contributed by atoms with Crippen molar-refractivity contribution in [2.24, 2.45) is 0 Å². The van der Waals surface area contributed by atoms with Crippen LogP contribution in [0.25, 0.3) is 0 Å². The van der Waals surface area contributed by atoms with Gasteiger partial charge in [-0.05, 0) is 51.3 Å². The summed E-state index contributed by atoms with van der Waals surface area (Å²) in [4.78, 5) is 20.9. The molecule has 0 radical (unpaired) electrons. The van der Waals surface area contributed by atoms with Crippen LogP contribution in [0.2, 0.25) is 0 Å². The van der Waals surface area contributed by atoms with Crippen molar-refractivity contribution in [1.29, 1.82) is 0 Å². The molecule has 0 spiro atoms. The van der Waals surface area contributed by atoms with Crippen molar-refractivity contribution in [3.8, 4) is 0 Å². The quantitative estimate of drug-likeness (QED) is 0.845. The van der Waals surface area contributed by atoms with E-state index in [4.69, 9.17) is 0 Å². The predicted octanol–water partition coefficient (Wildman–Crippen LogP) is 2.77. The maximum Gasteiger partial charge on any atom is 0.272 e. The highest BCUT2D eigenvalue weighted by molar-refractivity contribution is 5.92. The first kappa shape index (κ1) is 17.0. The number of nitrogens with one attached hydrogen (secondary N) is 1. The third-order valence-corrected chi connectivity index (χ3v) is 4.93. The fourth-order valence-corrected chi connectivity index (χ4v) is 3.30. The first-order chi connectivity index (χ1) is 11.7. The largest absolute Gasteiger partial charge is 0.383 e. The Morgan fingerprint density at radius 1 is 1.21 bits per heavy atom. The summed E-state index contributed by atoms with van der Waals surface area (Å²) in [5.41, 5.74) is 3.10. The molecule has 1 aliphatic carbocycles. The second kappa shape index (κ2) is 8.29. The minimum atomic E-state index is 0.0435. The Balaban J connectivity index is 1.47. The van der Waals surface area contributed by atoms with Gasteiger partial charge in [0.2, 0.25) is 0 Å². The van der Waals surface area contributed by atoms with Crippen LogP contribution >= 0.6 is 0 Å². The van der Waals surface area contributed by atoms with Gasteiger partial charge in [-0.3, -0.25) is 4.79 Å². The number of anilines is 1. The molecular weight excluding hydrogens is 300 g/mol. The zero-order valence-corrected chi connectivity index (χ0v) is 14.6. The van der Waals surface area contributed by atoms with Gasteiger partial charge < -0.3 is 15.1 Å². The topological polar surface area (TPSA) is 48.5 Å². The third-order valence-electron chi connectivity index (χ3n) is 4.93. The van der Waals surface area contributed by atoms with Gasteiger partial charge in [-0.15, -0.1) is 0 Å². The van der Waals surface area contributed by atoms with Gasteiger partial charge in [0.25, 0.3) is 5.91 Å². The first-order valence-electron chi connectivity index (χ1n) is 9.08. The predicted molar refractivity (Wildman–Crippen MR) is 97.3 cm³/mol. The van der Waals surface area contributed by atoms with E-state index in [-0.39, 0.29) is 5.91 Å². The van der Waals surface area contributed by atoms with Crippen molar-refractivity contribution in [3.05, 3.63) is 35.7 Å². The Morgan fingerprint density at radius 3 is 2.71 bits per heavy atom. The number of allylic oxidation sites excluding steroid dienone is 1. The van der Waals surface area contributed by atoms with Crippen molar-refractivity contribution < 1.29 is 4.79 Å². The Morgan fingerprint density at radius 2 is 2.04 bits per heavy atom. The molecule has 2 aliphatic rings. The van der Waals surface area contributed by atoms with Gasteiger partial charge in [0.1, 0.15) is 5.69 Å². The molecule has 1 aromatic rings. The van der Waals surface area contributed by atoms with Crippen molar-refractivity contribution in [3.63, 3.8) is 0 Å². The second-order valence-corrected chi connectivity index (χ2v) is 6.81. The lowest BCUT2D eigenvalue weighted by atomic mass is 9.97. The molecule has 5 heteroatoms. The van der Waals surface area contributed by atoms with Crippen LogP contribution in [-0.4, -0.2) is 60.5 Å². The molecule has 0 atom stereocenters. The average Bonchev–Trinajstić information content (AvgIpc) is 2.63. The van der Waals surface area contributed by atoms with Crippen molar-refractivity contribution in [2.45, 2.75) is 32.1 Å². The van der Waals surface area contributed by atoms with Gasteiger partial charge >= 0.3 is 0 Å². The van der Waals surface area contributed by atoms with Crippen molar-refractivity contribution in [1.82, 2.24) is 14.8 Å². The number of nitrogens with zero attached hydrogens (tertiary/aromatic N) is 3. The number of rotatable bonds is 5. The van der Waals surface area contributed by atoms with E-state index in [1.54, 1.807) is 11.8 Å². The van der Waals surface area contributed by atoms with Gasteiger partial charge in [0.15, 0.2) is 0 Å². The molecule has 0 bridgehead atoms. The van der Waals surface area contributed by atoms with Crippen LogP contribution in [0.15, 0.2) is 30.0 Å². The molecule has 130 valence electrons. The van der Waals surface area contributed by atoms with Crippen LogP contribution in [-0.2, 0) is 0 Å². The highest BCUT2D eigenvalue weighted by Crippen LogP contribution is 2.20. The number of pyridine rings is 1. The summed E-state index contributed by atoms with van der Waals surface area (Å²) in [5, 5.41) is 3.41. The molecule has 1 aliphatic heterocycles. The van der Waals surface area contributed by atoms with E-state index in [1.807, 2.05) is 17.0 Å². The molecule has 1 fully saturated rings. The summed E-state index contributed by atoms with van der Waals surface area (Å²) < 4.78 is 0. The number of likely N-dealkylation sites (N-methyl/N-ethyl adjacent to an activating group) is 1. The summed E-state index contributed by atoms with van der Waals surface area (Å²) in [6.45, 7) is 4.36. The van der Waals surface area contributed by atoms with E-state index >= 15 is 0 Å². The number of carbonyl (C=O) groups excluding carboxylic acids is 1. The Kier molecular flexibility index (Phi) is 5.86. The molecule has 1 N–H and O–H groups in total. The monoisotopic (exact) mass is 328 g/mol. The summed E-state index contributed by atoms with van der Waals surface area (Å²) in [7, 11) is 2.09. The zero-order chi connectivity index (χ0) is 16.8. The van der Waals surface area contributed by atoms with Crippen LogP contribution in [0.4, 0.5) is 5.69 Å². The van der Waals surface area contributed by atoms with E-state index in [0.717, 1.165) is 44.8 Å². The van der Waals surface area contributed by atoms with Crippen LogP contribution in [0, 0.1) is 0 Å². The van der Waals surface area contributed by atoms with E-state index in [0.29, 0.717) is 5.69 Å². The minimum absolute atomic E-state index is 0.0435. The van der Waals surface area contributed by atoms with E-state index in [2.05, 4.69) is 28.3 Å². The van der Waals surface area contributed by atoms with Crippen molar-refractivity contribution >= 4 is 11.6 Å². The third kappa shape index (κ3) is 4.57. The van der Waals surface area contributed by atoms with Gasteiger partial charge in [0, 0.05) is 32.7 Å². The molecule has 0 unspecified atom stereocenters. The van der Waals surface area contributed by atoms with Gasteiger partial charge in [-0.1, -0.05) is 11.6 Å². The minimum Gasteiger partial charge on any atom is -0.383 e. The summed E-state index contributed by atoms with van der Waals surface area (Å²) in [6.07, 6.45) is 10.4. The second-order valence-electron chi connectivity index (χ2n) is 6.81. The molecule has 3 rings (SSSR count). The molecule has 5 nitrogen and oxygen atoms in total. The molecule has 1 saturated heterocycles. The molecule has 0 saturated carbocycles. The lowest BCUT2D eigenvalue weighted by molar-refractivity contribution is 0.0658. The maximum atomic E-state index is 12.5. The Labute approximate surface area is 144 Å². The number of amides is 1. The summed E-state index contributed by atoms with van der Waals surface area (Å²) in [6, 6.07) is 3.80. The molecule has 1 aromatic heterocycles. The lowest BCUT2D eigenvalue weighted by Gasteiger charge is -2.32. The fraction of sp³-hybridized carbons (Fsp3) is 0.579. The number of carbonyl (C=O) groups is 1. The smallest absolute Gasteiger partial charge is 0.272 e. The number of hydrogen-bond acceptors (Lipinski definition) is 4. The highest BCUT2D eigenvalue weighted by Gasteiger charge is 2.21. The molecule has 24 heavy (non-hydrogen) atoms. The van der Waals surface area contributed by atoms with E-state index in [1.165, 1.54) is 25.7 Å². The summed E-state index contributed by atoms with van der Waals surface area (Å²) in [5.74, 6) is 0.0435. The van der Waals surface area contributed by atoms with Crippen molar-refractivity contribution in [2.75, 3.05) is 45.1 Å². The number of piperazine rings is 1. The molecular formula is C19H28N4O. The van der Waals surface area contributed by atoms with Crippen LogP contribution in [0.5, 0.6) is 0 Å². The number of hydrogen-bond donors (Lipinski definition) is 1. The van der Waals surface area contributed by atoms with E-state index < -0.39 is 0 Å². The average molecular weight is 328 g/mol. The first-order valence-corrected chi connectivity index (χ1v) is 9.08. The van der Waals surface area contributed by atoms with E-state index in [9.17, 15) is 4.79 Å². The molecule has 0 aromatic carbocycles. The van der Waals surface area contributed by atoms with Crippen LogP contribution < -0.4 is 5.32 Å². The standard InChI is InChI=1S/C19H28N4O/c1-22-11-13-23(14-12-22)19(24)18-8-7-17(15-21-18)20-10-9-16-5-3-2-4-6-16/h5,7-8,15,20H,2-4,6,9-14H2,1H3. The maximum absolute atomic E-state index is 12.5. The Hall–Kier alpha value is -1.88. The SMILES string of the molecule is CN1CCN(C(=O)c2ccc(NCCC3=CCCCC3)cn2)CC1. The molecule has 2 heterocycles. The van der Waals surface area contributed by atoms with Gasteiger partial charge in [-0.2, -0.15) is 0 Å². The Bertz CT molecular complexity index is 574. The number of aromatic nitrogens is 1. The highest BCUT2D eigenvalue weighted by atomic mass is 16.2.